The lowest BCUT2D eigenvalue weighted by Gasteiger charge is -2.40. The Labute approximate surface area is 484 Å². The van der Waals surface area contributed by atoms with Crippen LogP contribution in [0.2, 0.25) is 0 Å². The van der Waals surface area contributed by atoms with Crippen molar-refractivity contribution in [1.82, 2.24) is 5.32 Å². The Morgan fingerprint density at radius 3 is 1.16 bits per heavy atom. The molecule has 0 aromatic rings. The quantitative estimate of drug-likeness (QED) is 0.0261. The first kappa shape index (κ1) is 73.6. The fraction of sp³-hybridized carbons (Fsp3) is 0.700. The third-order valence-corrected chi connectivity index (χ3v) is 14.6. The Balaban J connectivity index is 2.12. The smallest absolute Gasteiger partial charge is 0.220 e. The number of aliphatic hydroxyl groups is 5. The molecule has 0 aromatic heterocycles. The molecular formula is C70H119NO8. The van der Waals surface area contributed by atoms with Crippen LogP contribution in [0, 0.1) is 0 Å². The number of hydrogen-bond acceptors (Lipinski definition) is 8. The van der Waals surface area contributed by atoms with Crippen molar-refractivity contribution < 1.29 is 39.8 Å². The molecular weight excluding hydrogens is 983 g/mol. The zero-order valence-electron chi connectivity index (χ0n) is 50.3. The highest BCUT2D eigenvalue weighted by atomic mass is 16.7. The van der Waals surface area contributed by atoms with E-state index < -0.39 is 49.5 Å². The van der Waals surface area contributed by atoms with Gasteiger partial charge in [0.1, 0.15) is 24.4 Å². The van der Waals surface area contributed by atoms with Gasteiger partial charge in [-0.05, 0) is 89.9 Å². The lowest BCUT2D eigenvalue weighted by atomic mass is 9.99. The fourth-order valence-electron chi connectivity index (χ4n) is 9.54. The number of allylic oxidation sites excluding steroid dienone is 20. The highest BCUT2D eigenvalue weighted by Gasteiger charge is 2.44. The Morgan fingerprint density at radius 1 is 0.443 bits per heavy atom. The maximum atomic E-state index is 13.1. The van der Waals surface area contributed by atoms with Crippen molar-refractivity contribution in [2.45, 2.75) is 301 Å². The summed E-state index contributed by atoms with van der Waals surface area (Å²) < 4.78 is 11.3. The van der Waals surface area contributed by atoms with Crippen LogP contribution in [0.15, 0.2) is 122 Å². The van der Waals surface area contributed by atoms with Crippen molar-refractivity contribution in [3.8, 4) is 0 Å². The van der Waals surface area contributed by atoms with E-state index in [2.05, 4.69) is 141 Å². The molecule has 1 aliphatic heterocycles. The summed E-state index contributed by atoms with van der Waals surface area (Å²) in [6.45, 7) is 3.72. The average Bonchev–Trinajstić information content (AvgIpc) is 3.46. The van der Waals surface area contributed by atoms with E-state index in [1.165, 1.54) is 122 Å². The second-order valence-electron chi connectivity index (χ2n) is 21.8. The van der Waals surface area contributed by atoms with Gasteiger partial charge in [-0.15, -0.1) is 0 Å². The van der Waals surface area contributed by atoms with E-state index in [0.29, 0.717) is 12.8 Å². The van der Waals surface area contributed by atoms with Gasteiger partial charge in [0.15, 0.2) is 6.29 Å². The van der Waals surface area contributed by atoms with Crippen LogP contribution in [-0.2, 0) is 14.3 Å². The van der Waals surface area contributed by atoms with Gasteiger partial charge in [0.25, 0.3) is 0 Å². The van der Waals surface area contributed by atoms with Crippen LogP contribution in [0.25, 0.3) is 0 Å². The van der Waals surface area contributed by atoms with Gasteiger partial charge in [-0.3, -0.25) is 4.79 Å². The molecule has 9 nitrogen and oxygen atoms in total. The van der Waals surface area contributed by atoms with E-state index in [9.17, 15) is 30.3 Å². The van der Waals surface area contributed by atoms with Crippen LogP contribution in [0.4, 0.5) is 0 Å². The molecule has 1 fully saturated rings. The molecule has 0 bridgehead atoms. The molecule has 0 aromatic carbocycles. The average molecular weight is 1100 g/mol. The molecule has 7 atom stereocenters. The van der Waals surface area contributed by atoms with Gasteiger partial charge < -0.3 is 40.3 Å². The zero-order chi connectivity index (χ0) is 57.2. The maximum absolute atomic E-state index is 13.1. The standard InChI is InChI=1S/C70H119NO8/c1-3-5-7-9-11-13-15-17-19-20-21-22-23-24-25-26-27-28-29-30-31-32-33-34-35-36-37-38-39-40-41-42-43-44-46-48-50-52-54-56-58-60-66(74)71-63(62-78-70-69(77)68(76)67(75)65(61-72)79-70)64(73)59-57-55-53-51-49-47-45-18-16-14-12-10-8-6-4-2/h5,7,11,13,17,19,21-22,24-25,27-28,30-31,33-34,36-37,39-40,63-65,67-70,72-73,75-77H,3-4,6,8-10,12,14-16,18,20,23,26,29,32,35,38,41-62H2,1-2H3,(H,71,74)/b7-5-,13-11-,19-17-,22-21-,25-24-,28-27-,31-30-,34-33-,37-36-,40-39-. The summed E-state index contributed by atoms with van der Waals surface area (Å²) >= 11 is 0. The molecule has 79 heavy (non-hydrogen) atoms. The second-order valence-corrected chi connectivity index (χ2v) is 21.8. The molecule has 0 radical (unpaired) electrons. The number of ether oxygens (including phenoxy) is 2. The number of unbranched alkanes of at least 4 members (excludes halogenated alkanes) is 24. The number of carbonyl (C=O) groups excluding carboxylic acids is 1. The van der Waals surface area contributed by atoms with Crippen molar-refractivity contribution >= 4 is 5.91 Å². The molecule has 0 saturated carbocycles. The third kappa shape index (κ3) is 46.9. The summed E-state index contributed by atoms with van der Waals surface area (Å²) in [4.78, 5) is 13.1. The minimum Gasteiger partial charge on any atom is -0.394 e. The highest BCUT2D eigenvalue weighted by Crippen LogP contribution is 2.23. The van der Waals surface area contributed by atoms with Gasteiger partial charge in [0.2, 0.25) is 5.91 Å². The van der Waals surface area contributed by atoms with E-state index in [1.54, 1.807) is 0 Å². The summed E-state index contributed by atoms with van der Waals surface area (Å²) in [5, 5.41) is 54.7. The lowest BCUT2D eigenvalue weighted by Crippen LogP contribution is -2.60. The zero-order valence-corrected chi connectivity index (χ0v) is 50.3. The summed E-state index contributed by atoms with van der Waals surface area (Å²) in [6, 6.07) is -0.729. The molecule has 1 aliphatic rings. The van der Waals surface area contributed by atoms with Crippen LogP contribution in [-0.4, -0.2) is 87.5 Å². The molecule has 1 amide bonds. The van der Waals surface area contributed by atoms with Crippen molar-refractivity contribution in [2.75, 3.05) is 13.2 Å². The number of nitrogens with one attached hydrogen (secondary N) is 1. The second kappa shape index (κ2) is 57.8. The first-order valence-electron chi connectivity index (χ1n) is 32.2. The molecule has 0 aliphatic carbocycles. The summed E-state index contributed by atoms with van der Waals surface area (Å²) in [5.74, 6) is -0.152. The minimum atomic E-state index is -1.56. The van der Waals surface area contributed by atoms with E-state index in [4.69, 9.17) is 9.47 Å². The summed E-state index contributed by atoms with van der Waals surface area (Å²) in [6.07, 6.45) is 79.5. The molecule has 0 spiro atoms. The van der Waals surface area contributed by atoms with Crippen LogP contribution in [0.5, 0.6) is 0 Å². The first-order valence-corrected chi connectivity index (χ1v) is 32.2. The van der Waals surface area contributed by atoms with Crippen LogP contribution in [0.1, 0.15) is 258 Å². The highest BCUT2D eigenvalue weighted by molar-refractivity contribution is 5.76. The SMILES string of the molecule is CC/C=C\C/C=C\C/C=C\C/C=C\C/C=C\C/C=C\C/C=C\C/C=C\C/C=C\C/C=C\CCCCCCCCCCCCC(=O)NC(COC1OC(CO)C(O)C(O)C1O)C(O)CCCCCCCCCCCCCCCCC. The van der Waals surface area contributed by atoms with Crippen LogP contribution < -0.4 is 5.32 Å². The molecule has 9 heteroatoms. The lowest BCUT2D eigenvalue weighted by molar-refractivity contribution is -0.302. The molecule has 1 saturated heterocycles. The number of carbonyl (C=O) groups is 1. The third-order valence-electron chi connectivity index (χ3n) is 14.6. The Bertz CT molecular complexity index is 1660. The van der Waals surface area contributed by atoms with Crippen molar-refractivity contribution in [1.29, 1.82) is 0 Å². The number of amides is 1. The van der Waals surface area contributed by atoms with E-state index in [-0.39, 0.29) is 12.5 Å². The van der Waals surface area contributed by atoms with Gasteiger partial charge in [0.05, 0.1) is 25.4 Å². The molecule has 7 unspecified atom stereocenters. The normalized spacial score (nSPS) is 19.4. The van der Waals surface area contributed by atoms with Crippen molar-refractivity contribution in [3.63, 3.8) is 0 Å². The summed E-state index contributed by atoms with van der Waals surface area (Å²) in [7, 11) is 0. The number of hydrogen-bond donors (Lipinski definition) is 6. The number of aliphatic hydroxyl groups excluding tert-OH is 5. The van der Waals surface area contributed by atoms with Gasteiger partial charge >= 0.3 is 0 Å². The summed E-state index contributed by atoms with van der Waals surface area (Å²) in [5.41, 5.74) is 0. The molecule has 1 heterocycles. The largest absolute Gasteiger partial charge is 0.394 e. The molecule has 452 valence electrons. The van der Waals surface area contributed by atoms with Gasteiger partial charge in [-0.2, -0.15) is 0 Å². The van der Waals surface area contributed by atoms with Gasteiger partial charge in [-0.25, -0.2) is 0 Å². The minimum absolute atomic E-state index is 0.144. The van der Waals surface area contributed by atoms with E-state index in [0.717, 1.165) is 109 Å². The van der Waals surface area contributed by atoms with Gasteiger partial charge in [0, 0.05) is 6.42 Å². The van der Waals surface area contributed by atoms with E-state index >= 15 is 0 Å². The number of rotatable bonds is 54. The first-order chi connectivity index (χ1) is 38.8. The molecule has 6 N–H and O–H groups in total. The van der Waals surface area contributed by atoms with Crippen LogP contribution in [0.3, 0.4) is 0 Å². The monoisotopic (exact) mass is 1100 g/mol. The Hall–Kier alpha value is -3.41. The predicted octanol–water partition coefficient (Wildman–Crippen LogP) is 17.1. The Kier molecular flexibility index (Phi) is 53.9. The van der Waals surface area contributed by atoms with E-state index in [1.807, 2.05) is 0 Å². The maximum Gasteiger partial charge on any atom is 0.220 e. The van der Waals surface area contributed by atoms with Crippen LogP contribution >= 0.6 is 0 Å². The van der Waals surface area contributed by atoms with Crippen molar-refractivity contribution in [2.24, 2.45) is 0 Å². The molecule has 1 rings (SSSR count). The topological polar surface area (TPSA) is 149 Å². The fourth-order valence-corrected chi connectivity index (χ4v) is 9.54. The van der Waals surface area contributed by atoms with Gasteiger partial charge in [-0.1, -0.05) is 283 Å². The van der Waals surface area contributed by atoms with Crippen molar-refractivity contribution in [3.05, 3.63) is 122 Å². The Morgan fingerprint density at radius 2 is 0.785 bits per heavy atom. The predicted molar refractivity (Wildman–Crippen MR) is 336 cm³/mol.